The van der Waals surface area contributed by atoms with Crippen molar-refractivity contribution in [1.82, 2.24) is 0 Å². The Morgan fingerprint density at radius 3 is 2.64 bits per heavy atom. The lowest BCUT2D eigenvalue weighted by Gasteiger charge is -2.26. The fourth-order valence-electron chi connectivity index (χ4n) is 3.37. The number of halogens is 5. The third kappa shape index (κ3) is 2.35. The number of nitrogens with two attached hydrogens (primary N) is 1. The SMILES string of the molecule is NC(=O)c1cc(F)c(Br)c2c1CC1=C2CCC(C(F)(F)F)C1. The molecule has 0 aromatic heterocycles. The molecule has 2 aliphatic rings. The molecule has 1 unspecified atom stereocenters. The van der Waals surface area contributed by atoms with Crippen molar-refractivity contribution in [3.63, 3.8) is 0 Å². The highest BCUT2D eigenvalue weighted by Gasteiger charge is 2.44. The first-order valence-corrected chi connectivity index (χ1v) is 7.58. The predicted molar refractivity (Wildman–Crippen MR) is 76.6 cm³/mol. The van der Waals surface area contributed by atoms with E-state index in [1.807, 2.05) is 0 Å². The van der Waals surface area contributed by atoms with E-state index < -0.39 is 23.8 Å². The molecule has 0 radical (unpaired) electrons. The van der Waals surface area contributed by atoms with E-state index in [-0.39, 0.29) is 35.7 Å². The number of hydrogen-bond donors (Lipinski definition) is 1. The number of amides is 1. The molecule has 0 spiro atoms. The van der Waals surface area contributed by atoms with Crippen LogP contribution < -0.4 is 5.73 Å². The zero-order valence-corrected chi connectivity index (χ0v) is 12.9. The van der Waals surface area contributed by atoms with E-state index in [4.69, 9.17) is 5.73 Å². The van der Waals surface area contributed by atoms with E-state index in [0.29, 0.717) is 16.7 Å². The largest absolute Gasteiger partial charge is 0.392 e. The Balaban J connectivity index is 2.08. The summed E-state index contributed by atoms with van der Waals surface area (Å²) in [5.74, 6) is -2.77. The highest BCUT2D eigenvalue weighted by Crippen LogP contribution is 2.50. The molecule has 0 aliphatic heterocycles. The van der Waals surface area contributed by atoms with Gasteiger partial charge in [-0.25, -0.2) is 4.39 Å². The Morgan fingerprint density at radius 2 is 2.05 bits per heavy atom. The van der Waals surface area contributed by atoms with Crippen LogP contribution in [0, 0.1) is 11.7 Å². The minimum absolute atomic E-state index is 0.0172. The van der Waals surface area contributed by atoms with Crippen molar-refractivity contribution in [2.24, 2.45) is 11.7 Å². The second-order valence-electron chi connectivity index (χ2n) is 5.68. The van der Waals surface area contributed by atoms with E-state index >= 15 is 0 Å². The van der Waals surface area contributed by atoms with Crippen molar-refractivity contribution in [3.8, 4) is 0 Å². The minimum atomic E-state index is -4.23. The van der Waals surface area contributed by atoms with Gasteiger partial charge in [0, 0.05) is 5.56 Å². The highest BCUT2D eigenvalue weighted by molar-refractivity contribution is 9.10. The number of primary amides is 1. The van der Waals surface area contributed by atoms with Crippen LogP contribution in [0.4, 0.5) is 17.6 Å². The molecule has 0 fully saturated rings. The Labute approximate surface area is 132 Å². The van der Waals surface area contributed by atoms with Crippen molar-refractivity contribution >= 4 is 27.4 Å². The van der Waals surface area contributed by atoms with Crippen LogP contribution in [-0.2, 0) is 6.42 Å². The van der Waals surface area contributed by atoms with Gasteiger partial charge in [-0.2, -0.15) is 13.2 Å². The molecule has 1 amide bonds. The van der Waals surface area contributed by atoms with E-state index in [1.165, 1.54) is 0 Å². The van der Waals surface area contributed by atoms with Gasteiger partial charge in [0.15, 0.2) is 0 Å². The topological polar surface area (TPSA) is 43.1 Å². The second-order valence-corrected chi connectivity index (χ2v) is 6.47. The quantitative estimate of drug-likeness (QED) is 0.726. The van der Waals surface area contributed by atoms with E-state index in [2.05, 4.69) is 15.9 Å². The first-order valence-electron chi connectivity index (χ1n) is 6.78. The molecule has 2 N–H and O–H groups in total. The van der Waals surface area contributed by atoms with Crippen molar-refractivity contribution < 1.29 is 22.4 Å². The van der Waals surface area contributed by atoms with Crippen molar-refractivity contribution in [2.75, 3.05) is 0 Å². The number of benzene rings is 1. The molecule has 2 aliphatic carbocycles. The van der Waals surface area contributed by atoms with Crippen LogP contribution in [-0.4, -0.2) is 12.1 Å². The lowest BCUT2D eigenvalue weighted by atomic mass is 9.83. The number of alkyl halides is 3. The average molecular weight is 378 g/mol. The number of rotatable bonds is 1. The van der Waals surface area contributed by atoms with Gasteiger partial charge in [0.25, 0.3) is 0 Å². The molecule has 7 heteroatoms. The van der Waals surface area contributed by atoms with Gasteiger partial charge in [-0.3, -0.25) is 4.79 Å². The fraction of sp³-hybridized carbons (Fsp3) is 0.400. The van der Waals surface area contributed by atoms with E-state index in [1.54, 1.807) is 0 Å². The summed E-state index contributed by atoms with van der Waals surface area (Å²) in [5.41, 5.74) is 7.74. The van der Waals surface area contributed by atoms with Gasteiger partial charge < -0.3 is 5.73 Å². The van der Waals surface area contributed by atoms with Gasteiger partial charge in [0.2, 0.25) is 5.91 Å². The van der Waals surface area contributed by atoms with Gasteiger partial charge in [0.05, 0.1) is 10.4 Å². The van der Waals surface area contributed by atoms with Crippen LogP contribution in [0.15, 0.2) is 16.1 Å². The summed E-state index contributed by atoms with van der Waals surface area (Å²) in [6.07, 6.45) is -3.89. The monoisotopic (exact) mass is 377 g/mol. The first kappa shape index (κ1) is 15.5. The van der Waals surface area contributed by atoms with Gasteiger partial charge in [-0.05, 0) is 64.4 Å². The Bertz CT molecular complexity index is 708. The average Bonchev–Trinajstić information content (AvgIpc) is 2.79. The maximum Gasteiger partial charge on any atom is 0.392 e. The molecule has 1 aromatic carbocycles. The molecule has 1 aromatic rings. The zero-order chi connectivity index (χ0) is 16.2. The van der Waals surface area contributed by atoms with Crippen LogP contribution in [0.1, 0.15) is 40.7 Å². The van der Waals surface area contributed by atoms with Gasteiger partial charge in [0.1, 0.15) is 5.82 Å². The molecule has 22 heavy (non-hydrogen) atoms. The lowest BCUT2D eigenvalue weighted by molar-refractivity contribution is -0.176. The predicted octanol–water partition coefficient (Wildman–Crippen LogP) is 4.36. The van der Waals surface area contributed by atoms with Crippen LogP contribution >= 0.6 is 15.9 Å². The summed E-state index contributed by atoms with van der Waals surface area (Å²) in [6.45, 7) is 0. The molecule has 1 atom stereocenters. The molecule has 0 saturated carbocycles. The Hall–Kier alpha value is -1.37. The summed E-state index contributed by atoms with van der Waals surface area (Å²) < 4.78 is 52.9. The molecular weight excluding hydrogens is 366 g/mol. The minimum Gasteiger partial charge on any atom is -0.366 e. The normalized spacial score (nSPS) is 20.9. The highest BCUT2D eigenvalue weighted by atomic mass is 79.9. The van der Waals surface area contributed by atoms with Crippen molar-refractivity contribution in [1.29, 1.82) is 0 Å². The number of fused-ring (bicyclic) bond motifs is 2. The van der Waals surface area contributed by atoms with Gasteiger partial charge in [-0.1, -0.05) is 5.57 Å². The number of carbonyl (C=O) groups is 1. The third-order valence-electron chi connectivity index (χ3n) is 4.41. The van der Waals surface area contributed by atoms with Gasteiger partial charge in [-0.15, -0.1) is 0 Å². The molecule has 2 nitrogen and oxygen atoms in total. The molecule has 0 saturated heterocycles. The maximum atomic E-state index is 14.0. The Kier molecular flexibility index (Phi) is 3.58. The van der Waals surface area contributed by atoms with E-state index in [9.17, 15) is 22.4 Å². The number of allylic oxidation sites excluding steroid dienone is 2. The molecule has 0 heterocycles. The Morgan fingerprint density at radius 1 is 1.36 bits per heavy atom. The van der Waals surface area contributed by atoms with Crippen LogP contribution in [0.5, 0.6) is 0 Å². The summed E-state index contributed by atoms with van der Waals surface area (Å²) >= 11 is 3.15. The van der Waals surface area contributed by atoms with E-state index in [0.717, 1.165) is 11.6 Å². The molecule has 3 rings (SSSR count). The summed E-state index contributed by atoms with van der Waals surface area (Å²) in [6, 6.07) is 1.05. The second kappa shape index (κ2) is 5.08. The summed E-state index contributed by atoms with van der Waals surface area (Å²) in [4.78, 5) is 11.5. The number of hydrogen-bond acceptors (Lipinski definition) is 1. The number of carbonyl (C=O) groups excluding carboxylic acids is 1. The van der Waals surface area contributed by atoms with Crippen molar-refractivity contribution in [2.45, 2.75) is 31.9 Å². The maximum absolute atomic E-state index is 14.0. The van der Waals surface area contributed by atoms with Crippen LogP contribution in [0.2, 0.25) is 0 Å². The molecule has 0 bridgehead atoms. The fourth-order valence-corrected chi connectivity index (χ4v) is 3.97. The molecular formula is C15H12BrF4NO. The van der Waals surface area contributed by atoms with Crippen LogP contribution in [0.25, 0.3) is 5.57 Å². The lowest BCUT2D eigenvalue weighted by Crippen LogP contribution is -2.25. The summed E-state index contributed by atoms with van der Waals surface area (Å²) in [5, 5.41) is 0. The smallest absolute Gasteiger partial charge is 0.366 e. The van der Waals surface area contributed by atoms with Crippen molar-refractivity contribution in [3.05, 3.63) is 38.6 Å². The first-order chi connectivity index (χ1) is 10.2. The third-order valence-corrected chi connectivity index (χ3v) is 5.19. The zero-order valence-electron chi connectivity index (χ0n) is 11.4. The standard InChI is InChI=1S/C15H12BrF4NO/c16-13-11(17)5-10(14(21)22)9-4-6-3-7(15(18,19)20)1-2-8(6)12(9)13/h5,7H,1-4H2,(H2,21,22). The summed E-state index contributed by atoms with van der Waals surface area (Å²) in [7, 11) is 0. The molecule has 118 valence electrons. The van der Waals surface area contributed by atoms with Gasteiger partial charge >= 0.3 is 6.18 Å². The van der Waals surface area contributed by atoms with Crippen LogP contribution in [0.3, 0.4) is 0 Å².